The van der Waals surface area contributed by atoms with Crippen LogP contribution >= 0.6 is 11.6 Å². The van der Waals surface area contributed by atoms with Crippen molar-refractivity contribution >= 4 is 17.4 Å². The van der Waals surface area contributed by atoms with E-state index in [1.165, 1.54) is 18.2 Å². The number of epoxide rings is 1. The van der Waals surface area contributed by atoms with Gasteiger partial charge in [0, 0.05) is 5.02 Å². The Kier molecular flexibility index (Phi) is 3.57. The summed E-state index contributed by atoms with van der Waals surface area (Å²) in [6.45, 7) is 0. The summed E-state index contributed by atoms with van der Waals surface area (Å²) in [5, 5.41) is 10.2. The smallest absolute Gasteiger partial charge is 0.198 e. The van der Waals surface area contributed by atoms with Crippen LogP contribution in [0.2, 0.25) is 5.02 Å². The lowest BCUT2D eigenvalue weighted by Gasteiger charge is -2.03. The van der Waals surface area contributed by atoms with Crippen LogP contribution < -0.4 is 4.74 Å². The lowest BCUT2D eigenvalue weighted by Crippen LogP contribution is -2.08. The SMILES string of the molecule is COc1ccc(C2OC2C(=O)c2cc(Cl)ccc2O)cc1. The zero-order chi connectivity index (χ0) is 15.0. The van der Waals surface area contributed by atoms with Gasteiger partial charge in [-0.3, -0.25) is 4.79 Å². The average Bonchev–Trinajstić information content (AvgIpc) is 3.29. The van der Waals surface area contributed by atoms with Gasteiger partial charge in [-0.2, -0.15) is 0 Å². The predicted molar refractivity (Wildman–Crippen MR) is 78.1 cm³/mol. The van der Waals surface area contributed by atoms with Crippen LogP contribution in [0.25, 0.3) is 0 Å². The van der Waals surface area contributed by atoms with E-state index in [0.29, 0.717) is 5.02 Å². The number of ketones is 1. The molecule has 1 heterocycles. The van der Waals surface area contributed by atoms with Gasteiger partial charge in [0.2, 0.25) is 0 Å². The van der Waals surface area contributed by atoms with Crippen LogP contribution in [-0.2, 0) is 4.74 Å². The Morgan fingerprint density at radius 2 is 1.95 bits per heavy atom. The van der Waals surface area contributed by atoms with Crippen molar-refractivity contribution in [2.45, 2.75) is 12.2 Å². The Morgan fingerprint density at radius 3 is 2.62 bits per heavy atom. The molecule has 0 saturated carbocycles. The van der Waals surface area contributed by atoms with Crippen molar-refractivity contribution in [1.29, 1.82) is 0 Å². The number of halogens is 1. The Bertz CT molecular complexity index is 681. The van der Waals surface area contributed by atoms with Gasteiger partial charge in [-0.15, -0.1) is 0 Å². The summed E-state index contributed by atoms with van der Waals surface area (Å²) >= 11 is 5.85. The Balaban J connectivity index is 1.77. The molecule has 1 saturated heterocycles. The van der Waals surface area contributed by atoms with Crippen LogP contribution in [0, 0.1) is 0 Å². The zero-order valence-corrected chi connectivity index (χ0v) is 12.0. The van der Waals surface area contributed by atoms with Crippen LogP contribution in [0.1, 0.15) is 22.0 Å². The summed E-state index contributed by atoms with van der Waals surface area (Å²) in [6, 6.07) is 11.7. The molecule has 2 aromatic carbocycles. The van der Waals surface area contributed by atoms with Gasteiger partial charge < -0.3 is 14.6 Å². The number of carbonyl (C=O) groups excluding carboxylic acids is 1. The lowest BCUT2D eigenvalue weighted by atomic mass is 10.0. The number of phenolic OH excluding ortho intramolecular Hbond substituents is 1. The van der Waals surface area contributed by atoms with Gasteiger partial charge in [-0.05, 0) is 35.9 Å². The molecule has 108 valence electrons. The molecule has 2 aromatic rings. The van der Waals surface area contributed by atoms with Gasteiger partial charge in [0.1, 0.15) is 17.6 Å². The van der Waals surface area contributed by atoms with Gasteiger partial charge in [-0.25, -0.2) is 0 Å². The third kappa shape index (κ3) is 2.73. The molecule has 0 radical (unpaired) electrons. The highest BCUT2D eigenvalue weighted by Crippen LogP contribution is 2.42. The fourth-order valence-corrected chi connectivity index (χ4v) is 2.39. The first-order valence-corrected chi connectivity index (χ1v) is 6.80. The topological polar surface area (TPSA) is 59.1 Å². The van der Waals surface area contributed by atoms with Crippen molar-refractivity contribution in [3.63, 3.8) is 0 Å². The molecule has 21 heavy (non-hydrogen) atoms. The highest BCUT2D eigenvalue weighted by Gasteiger charge is 2.46. The Hall–Kier alpha value is -2.04. The first-order chi connectivity index (χ1) is 10.1. The molecule has 5 heteroatoms. The van der Waals surface area contributed by atoms with E-state index in [1.54, 1.807) is 7.11 Å². The summed E-state index contributed by atoms with van der Waals surface area (Å²) in [5.41, 5.74) is 1.08. The number of Topliss-reactive ketones (excluding diaryl/α,β-unsaturated/α-hetero) is 1. The monoisotopic (exact) mass is 304 g/mol. The molecule has 2 atom stereocenters. The van der Waals surface area contributed by atoms with Crippen LogP contribution in [-0.4, -0.2) is 24.1 Å². The van der Waals surface area contributed by atoms with Gasteiger partial charge in [0.05, 0.1) is 12.7 Å². The largest absolute Gasteiger partial charge is 0.507 e. The first kappa shape index (κ1) is 13.9. The second-order valence-electron chi connectivity index (χ2n) is 4.78. The Morgan fingerprint density at radius 1 is 1.24 bits per heavy atom. The van der Waals surface area contributed by atoms with E-state index in [4.69, 9.17) is 21.1 Å². The van der Waals surface area contributed by atoms with Gasteiger partial charge >= 0.3 is 0 Å². The maximum absolute atomic E-state index is 12.3. The van der Waals surface area contributed by atoms with E-state index >= 15 is 0 Å². The van der Waals surface area contributed by atoms with Crippen molar-refractivity contribution in [3.8, 4) is 11.5 Å². The second-order valence-corrected chi connectivity index (χ2v) is 5.21. The minimum atomic E-state index is -0.581. The number of hydrogen-bond acceptors (Lipinski definition) is 4. The molecule has 1 fully saturated rings. The molecule has 3 rings (SSSR count). The molecule has 0 aromatic heterocycles. The predicted octanol–water partition coefficient (Wildman–Crippen LogP) is 3.38. The highest BCUT2D eigenvalue weighted by atomic mass is 35.5. The average molecular weight is 305 g/mol. The van der Waals surface area contributed by atoms with Crippen molar-refractivity contribution in [3.05, 3.63) is 58.6 Å². The molecule has 2 unspecified atom stereocenters. The zero-order valence-electron chi connectivity index (χ0n) is 11.2. The number of benzene rings is 2. The number of aromatic hydroxyl groups is 1. The lowest BCUT2D eigenvalue weighted by molar-refractivity contribution is 0.0951. The normalized spacial score (nSPS) is 20.1. The van der Waals surface area contributed by atoms with Gasteiger partial charge in [0.25, 0.3) is 0 Å². The second kappa shape index (κ2) is 5.39. The fourth-order valence-electron chi connectivity index (χ4n) is 2.22. The van der Waals surface area contributed by atoms with E-state index in [0.717, 1.165) is 11.3 Å². The first-order valence-electron chi connectivity index (χ1n) is 6.42. The number of rotatable bonds is 4. The molecule has 1 aliphatic rings. The number of carbonyl (C=O) groups is 1. The van der Waals surface area contributed by atoms with E-state index in [-0.39, 0.29) is 23.2 Å². The summed E-state index contributed by atoms with van der Waals surface area (Å²) < 4.78 is 10.5. The highest BCUT2D eigenvalue weighted by molar-refractivity contribution is 6.31. The van der Waals surface area contributed by atoms with Crippen LogP contribution in [0.4, 0.5) is 0 Å². The standard InChI is InChI=1S/C16H13ClO4/c1-20-11-5-2-9(3-6-11)15-16(21-15)14(19)12-8-10(17)4-7-13(12)18/h2-8,15-16,18H,1H3. The van der Waals surface area contributed by atoms with Crippen molar-refractivity contribution in [2.75, 3.05) is 7.11 Å². The van der Waals surface area contributed by atoms with Gasteiger partial charge in [-0.1, -0.05) is 23.7 Å². The summed E-state index contributed by atoms with van der Waals surface area (Å²) in [6.07, 6.45) is -0.871. The van der Waals surface area contributed by atoms with E-state index in [1.807, 2.05) is 24.3 Å². The molecule has 0 amide bonds. The molecule has 0 bridgehead atoms. The molecular formula is C16H13ClO4. The van der Waals surface area contributed by atoms with E-state index < -0.39 is 6.10 Å². The molecule has 1 N–H and O–H groups in total. The van der Waals surface area contributed by atoms with E-state index in [2.05, 4.69) is 0 Å². The summed E-state index contributed by atoms with van der Waals surface area (Å²) in [4.78, 5) is 12.3. The molecule has 0 spiro atoms. The van der Waals surface area contributed by atoms with Crippen molar-refractivity contribution in [2.24, 2.45) is 0 Å². The van der Waals surface area contributed by atoms with Crippen molar-refractivity contribution in [1.82, 2.24) is 0 Å². The van der Waals surface area contributed by atoms with Crippen LogP contribution in [0.3, 0.4) is 0 Å². The fraction of sp³-hybridized carbons (Fsp3) is 0.188. The maximum Gasteiger partial charge on any atom is 0.198 e. The van der Waals surface area contributed by atoms with Crippen molar-refractivity contribution < 1.29 is 19.4 Å². The van der Waals surface area contributed by atoms with Gasteiger partial charge in [0.15, 0.2) is 11.9 Å². The number of hydrogen-bond donors (Lipinski definition) is 1. The molecule has 0 aliphatic carbocycles. The number of ether oxygens (including phenoxy) is 2. The minimum absolute atomic E-state index is 0.0895. The molecule has 4 nitrogen and oxygen atoms in total. The minimum Gasteiger partial charge on any atom is -0.507 e. The van der Waals surface area contributed by atoms with Crippen LogP contribution in [0.15, 0.2) is 42.5 Å². The Labute approximate surface area is 126 Å². The quantitative estimate of drug-likeness (QED) is 0.695. The van der Waals surface area contributed by atoms with Crippen LogP contribution in [0.5, 0.6) is 11.5 Å². The third-order valence-electron chi connectivity index (χ3n) is 3.42. The number of phenols is 1. The molecular weight excluding hydrogens is 292 g/mol. The number of methoxy groups -OCH3 is 1. The maximum atomic E-state index is 12.3. The third-order valence-corrected chi connectivity index (χ3v) is 3.65. The summed E-state index contributed by atoms with van der Waals surface area (Å²) in [7, 11) is 1.59. The summed E-state index contributed by atoms with van der Waals surface area (Å²) in [5.74, 6) is 0.388. The van der Waals surface area contributed by atoms with E-state index in [9.17, 15) is 9.90 Å². The molecule has 1 aliphatic heterocycles.